The van der Waals surface area contributed by atoms with Crippen LogP contribution in [0.25, 0.3) is 0 Å². The summed E-state index contributed by atoms with van der Waals surface area (Å²) in [5.41, 5.74) is 6.02. The van der Waals surface area contributed by atoms with Gasteiger partial charge in [-0.15, -0.1) is 0 Å². The van der Waals surface area contributed by atoms with Crippen molar-refractivity contribution in [2.75, 3.05) is 14.1 Å². The van der Waals surface area contributed by atoms with Gasteiger partial charge < -0.3 is 0 Å². The van der Waals surface area contributed by atoms with Gasteiger partial charge in [-0.3, -0.25) is 4.79 Å². The zero-order chi connectivity index (χ0) is 9.56. The van der Waals surface area contributed by atoms with Crippen molar-refractivity contribution in [3.05, 3.63) is 12.2 Å². The molecule has 70 valence electrons. The van der Waals surface area contributed by atoms with Crippen molar-refractivity contribution in [1.29, 1.82) is 0 Å². The molecule has 0 aromatic heterocycles. The number of nitrogens with one attached hydrogen (secondary N) is 2. The van der Waals surface area contributed by atoms with Crippen molar-refractivity contribution in [3.8, 4) is 0 Å². The van der Waals surface area contributed by atoms with E-state index >= 15 is 0 Å². The standard InChI is InChI=1S/C8H17N3O/c1-5-6-7(2)8(12)11(9-3)10-4/h9-10H,2,5-6H2,1,3-4H3. The van der Waals surface area contributed by atoms with E-state index < -0.39 is 0 Å². The van der Waals surface area contributed by atoms with Gasteiger partial charge in [-0.05, 0) is 6.42 Å². The molecular weight excluding hydrogens is 154 g/mol. The topological polar surface area (TPSA) is 44.4 Å². The molecule has 12 heavy (non-hydrogen) atoms. The second-order valence-corrected chi connectivity index (χ2v) is 2.44. The fourth-order valence-electron chi connectivity index (χ4n) is 0.882. The summed E-state index contributed by atoms with van der Waals surface area (Å²) >= 11 is 0. The average Bonchev–Trinajstić information content (AvgIpc) is 2.07. The van der Waals surface area contributed by atoms with E-state index in [0.717, 1.165) is 12.8 Å². The molecule has 0 heterocycles. The number of hydrazine groups is 2. The average molecular weight is 171 g/mol. The minimum Gasteiger partial charge on any atom is -0.267 e. The number of amides is 1. The van der Waals surface area contributed by atoms with Crippen molar-refractivity contribution < 1.29 is 4.79 Å². The van der Waals surface area contributed by atoms with Crippen molar-refractivity contribution in [2.45, 2.75) is 19.8 Å². The molecule has 0 rings (SSSR count). The number of carbonyl (C=O) groups excluding carboxylic acids is 1. The fourth-order valence-corrected chi connectivity index (χ4v) is 0.882. The van der Waals surface area contributed by atoms with Crippen LogP contribution in [0.5, 0.6) is 0 Å². The van der Waals surface area contributed by atoms with Gasteiger partial charge in [-0.2, -0.15) is 0 Å². The lowest BCUT2D eigenvalue weighted by atomic mass is 10.2. The van der Waals surface area contributed by atoms with Gasteiger partial charge in [0.05, 0.1) is 0 Å². The lowest BCUT2D eigenvalue weighted by Crippen LogP contribution is -2.48. The monoisotopic (exact) mass is 171 g/mol. The zero-order valence-corrected chi connectivity index (χ0v) is 7.98. The van der Waals surface area contributed by atoms with Crippen LogP contribution in [0.15, 0.2) is 12.2 Å². The minimum atomic E-state index is -0.109. The second-order valence-electron chi connectivity index (χ2n) is 2.44. The van der Waals surface area contributed by atoms with E-state index in [1.807, 2.05) is 6.92 Å². The van der Waals surface area contributed by atoms with Gasteiger partial charge in [-0.1, -0.05) is 19.9 Å². The van der Waals surface area contributed by atoms with Gasteiger partial charge >= 0.3 is 0 Å². The summed E-state index contributed by atoms with van der Waals surface area (Å²) < 4.78 is 0. The molecule has 0 radical (unpaired) electrons. The Morgan fingerprint density at radius 2 is 1.92 bits per heavy atom. The maximum atomic E-state index is 11.4. The highest BCUT2D eigenvalue weighted by atomic mass is 16.2. The molecule has 0 fully saturated rings. The Balaban J connectivity index is 4.07. The van der Waals surface area contributed by atoms with E-state index in [-0.39, 0.29) is 5.91 Å². The third kappa shape index (κ3) is 3.02. The third-order valence-electron chi connectivity index (χ3n) is 1.50. The highest BCUT2D eigenvalue weighted by Gasteiger charge is 2.12. The predicted octanol–water partition coefficient (Wildman–Crippen LogP) is 0.440. The summed E-state index contributed by atoms with van der Waals surface area (Å²) in [5, 5.41) is 1.30. The van der Waals surface area contributed by atoms with Crippen LogP contribution in [0, 0.1) is 0 Å². The molecule has 0 aliphatic heterocycles. The second kappa shape index (κ2) is 5.74. The number of rotatable bonds is 5. The molecule has 0 atom stereocenters. The maximum absolute atomic E-state index is 11.4. The van der Waals surface area contributed by atoms with Gasteiger partial charge in [0, 0.05) is 19.7 Å². The summed E-state index contributed by atoms with van der Waals surface area (Å²) in [6.07, 6.45) is 1.67. The first-order valence-electron chi connectivity index (χ1n) is 4.04. The molecule has 0 saturated heterocycles. The first kappa shape index (κ1) is 11.1. The van der Waals surface area contributed by atoms with Crippen LogP contribution in [-0.2, 0) is 4.79 Å². The van der Waals surface area contributed by atoms with Crippen LogP contribution < -0.4 is 10.9 Å². The Hall–Kier alpha value is -0.870. The zero-order valence-electron chi connectivity index (χ0n) is 7.98. The van der Waals surface area contributed by atoms with E-state index in [1.54, 1.807) is 14.1 Å². The van der Waals surface area contributed by atoms with Gasteiger partial charge in [0.15, 0.2) is 0 Å². The number of nitrogens with zero attached hydrogens (tertiary/aromatic N) is 1. The van der Waals surface area contributed by atoms with Crippen LogP contribution in [0.4, 0.5) is 0 Å². The Morgan fingerprint density at radius 1 is 1.42 bits per heavy atom. The van der Waals surface area contributed by atoms with Crippen molar-refractivity contribution in [2.24, 2.45) is 0 Å². The van der Waals surface area contributed by atoms with Gasteiger partial charge in [0.2, 0.25) is 0 Å². The molecule has 0 aromatic carbocycles. The molecule has 0 bridgehead atoms. The molecule has 1 amide bonds. The van der Waals surface area contributed by atoms with Crippen molar-refractivity contribution >= 4 is 5.91 Å². The number of carbonyl (C=O) groups is 1. The normalized spacial score (nSPS) is 9.58. The van der Waals surface area contributed by atoms with E-state index in [2.05, 4.69) is 17.4 Å². The molecule has 0 saturated carbocycles. The molecule has 0 spiro atoms. The summed E-state index contributed by atoms with van der Waals surface area (Å²) in [4.78, 5) is 11.4. The summed E-state index contributed by atoms with van der Waals surface area (Å²) in [6, 6.07) is 0. The molecule has 0 aliphatic rings. The maximum Gasteiger partial charge on any atom is 0.278 e. The smallest absolute Gasteiger partial charge is 0.267 e. The Kier molecular flexibility index (Phi) is 5.32. The van der Waals surface area contributed by atoms with Crippen LogP contribution in [0.2, 0.25) is 0 Å². The lowest BCUT2D eigenvalue weighted by molar-refractivity contribution is -0.133. The fraction of sp³-hybridized carbons (Fsp3) is 0.625. The Morgan fingerprint density at radius 3 is 2.25 bits per heavy atom. The van der Waals surface area contributed by atoms with Gasteiger partial charge in [-0.25, -0.2) is 16.0 Å². The molecule has 4 nitrogen and oxygen atoms in total. The summed E-state index contributed by atoms with van der Waals surface area (Å²) in [6.45, 7) is 5.71. The van der Waals surface area contributed by atoms with E-state index in [0.29, 0.717) is 5.57 Å². The van der Waals surface area contributed by atoms with Crippen LogP contribution in [0.1, 0.15) is 19.8 Å². The summed E-state index contributed by atoms with van der Waals surface area (Å²) in [5.74, 6) is -0.109. The Labute approximate surface area is 73.6 Å². The highest BCUT2D eigenvalue weighted by Crippen LogP contribution is 2.03. The molecular formula is C8H17N3O. The first-order chi connectivity index (χ1) is 5.67. The highest BCUT2D eigenvalue weighted by molar-refractivity contribution is 5.92. The third-order valence-corrected chi connectivity index (χ3v) is 1.50. The number of hydrogen-bond acceptors (Lipinski definition) is 3. The largest absolute Gasteiger partial charge is 0.278 e. The van der Waals surface area contributed by atoms with Crippen molar-refractivity contribution in [1.82, 2.24) is 16.0 Å². The van der Waals surface area contributed by atoms with Crippen LogP contribution >= 0.6 is 0 Å². The van der Waals surface area contributed by atoms with E-state index in [1.165, 1.54) is 5.12 Å². The van der Waals surface area contributed by atoms with E-state index in [4.69, 9.17) is 0 Å². The first-order valence-corrected chi connectivity index (χ1v) is 4.04. The molecule has 4 heteroatoms. The molecule has 0 unspecified atom stereocenters. The van der Waals surface area contributed by atoms with Crippen LogP contribution in [0.3, 0.4) is 0 Å². The molecule has 2 N–H and O–H groups in total. The minimum absolute atomic E-state index is 0.109. The van der Waals surface area contributed by atoms with Gasteiger partial charge in [0.25, 0.3) is 5.91 Å². The number of hydrogen-bond donors (Lipinski definition) is 2. The van der Waals surface area contributed by atoms with E-state index in [9.17, 15) is 4.79 Å². The van der Waals surface area contributed by atoms with Gasteiger partial charge in [0.1, 0.15) is 0 Å². The summed E-state index contributed by atoms with van der Waals surface area (Å²) in [7, 11) is 3.35. The SMILES string of the molecule is C=C(CCC)C(=O)N(NC)NC. The molecule has 0 aromatic rings. The predicted molar refractivity (Wildman–Crippen MR) is 49.0 cm³/mol. The lowest BCUT2D eigenvalue weighted by Gasteiger charge is -2.20. The quantitative estimate of drug-likeness (QED) is 0.466. The molecule has 0 aliphatic carbocycles. The van der Waals surface area contributed by atoms with Crippen molar-refractivity contribution in [3.63, 3.8) is 0 Å². The Bertz CT molecular complexity index is 164. The van der Waals surface area contributed by atoms with Crippen LogP contribution in [-0.4, -0.2) is 25.1 Å².